The van der Waals surface area contributed by atoms with Crippen molar-refractivity contribution in [3.8, 4) is 0 Å². The summed E-state index contributed by atoms with van der Waals surface area (Å²) < 4.78 is 25.2. The monoisotopic (exact) mass is 419 g/mol. The molecular weight excluding hydrogens is 406 g/mol. The number of carboxylic acid groups (broad SMARTS) is 1. The molecule has 0 aliphatic heterocycles. The Balaban J connectivity index is 1.90. The van der Waals surface area contributed by atoms with Gasteiger partial charge in [0.05, 0.1) is 21.5 Å². The normalized spacial score (nSPS) is 11.4. The minimum absolute atomic E-state index is 0.0215. The van der Waals surface area contributed by atoms with Crippen LogP contribution in [0.25, 0.3) is 10.9 Å². The first-order chi connectivity index (χ1) is 13.2. The Morgan fingerprint density at radius 2 is 1.89 bits per heavy atom. The van der Waals surface area contributed by atoms with Gasteiger partial charge in [-0.15, -0.1) is 4.83 Å². The summed E-state index contributed by atoms with van der Waals surface area (Å²) in [4.78, 5) is 29.4. The van der Waals surface area contributed by atoms with Gasteiger partial charge in [0, 0.05) is 16.6 Å². The molecule has 0 spiro atoms. The van der Waals surface area contributed by atoms with Gasteiger partial charge >= 0.3 is 5.97 Å². The first-order valence-corrected chi connectivity index (χ1v) is 9.76. The van der Waals surface area contributed by atoms with E-state index >= 15 is 0 Å². The van der Waals surface area contributed by atoms with E-state index in [9.17, 15) is 18.0 Å². The number of sulfonamides is 1. The minimum atomic E-state index is -4.27. The number of hydrogen-bond acceptors (Lipinski definition) is 5. The average Bonchev–Trinajstić information content (AvgIpc) is 2.67. The lowest BCUT2D eigenvalue weighted by Crippen LogP contribution is -2.41. The molecule has 1 amide bonds. The van der Waals surface area contributed by atoms with Crippen molar-refractivity contribution in [1.29, 1.82) is 0 Å². The molecule has 144 valence electrons. The number of aromatic carboxylic acids is 1. The zero-order valence-corrected chi connectivity index (χ0v) is 16.0. The number of amides is 1. The number of pyridine rings is 1. The van der Waals surface area contributed by atoms with Crippen LogP contribution in [-0.4, -0.2) is 30.4 Å². The molecule has 3 aromatic rings. The van der Waals surface area contributed by atoms with Crippen molar-refractivity contribution in [3.63, 3.8) is 0 Å². The number of aromatic nitrogens is 1. The third-order valence-corrected chi connectivity index (χ3v) is 5.79. The second kappa shape index (κ2) is 7.55. The molecule has 1 heterocycles. The Morgan fingerprint density at radius 1 is 1.14 bits per heavy atom. The van der Waals surface area contributed by atoms with Gasteiger partial charge in [0.25, 0.3) is 15.9 Å². The molecule has 0 saturated carbocycles. The van der Waals surface area contributed by atoms with Gasteiger partial charge in [0.1, 0.15) is 0 Å². The summed E-state index contributed by atoms with van der Waals surface area (Å²) in [5.74, 6) is -2.02. The SMILES string of the molecule is Cc1c(Cl)cc(C(=O)O)cc1S(=O)(=O)NNC(=O)c1cccc2ncccc12. The fraction of sp³-hybridized carbons (Fsp3) is 0.0556. The number of hydrogen-bond donors (Lipinski definition) is 3. The maximum atomic E-state index is 12.6. The zero-order valence-electron chi connectivity index (χ0n) is 14.4. The average molecular weight is 420 g/mol. The maximum absolute atomic E-state index is 12.6. The predicted molar refractivity (Wildman–Crippen MR) is 103 cm³/mol. The summed E-state index contributed by atoms with van der Waals surface area (Å²) >= 11 is 5.94. The Hall–Kier alpha value is -3.01. The topological polar surface area (TPSA) is 125 Å². The van der Waals surface area contributed by atoms with Gasteiger partial charge in [0.15, 0.2) is 0 Å². The van der Waals surface area contributed by atoms with Crippen molar-refractivity contribution in [2.24, 2.45) is 0 Å². The molecule has 0 unspecified atom stereocenters. The highest BCUT2D eigenvalue weighted by atomic mass is 35.5. The number of halogens is 1. The molecular formula is C18H14ClN3O5S. The van der Waals surface area contributed by atoms with Crippen LogP contribution in [-0.2, 0) is 10.0 Å². The van der Waals surface area contributed by atoms with Crippen molar-refractivity contribution in [1.82, 2.24) is 15.2 Å². The highest BCUT2D eigenvalue weighted by Gasteiger charge is 2.22. The fourth-order valence-electron chi connectivity index (χ4n) is 2.59. The van der Waals surface area contributed by atoms with E-state index in [1.165, 1.54) is 13.0 Å². The van der Waals surface area contributed by atoms with E-state index < -0.39 is 21.9 Å². The summed E-state index contributed by atoms with van der Waals surface area (Å²) in [7, 11) is -4.27. The number of carboxylic acids is 1. The van der Waals surface area contributed by atoms with E-state index in [4.69, 9.17) is 16.7 Å². The zero-order chi connectivity index (χ0) is 20.5. The number of fused-ring (bicyclic) bond motifs is 1. The van der Waals surface area contributed by atoms with Crippen LogP contribution < -0.4 is 10.3 Å². The third-order valence-electron chi connectivity index (χ3n) is 4.02. The molecule has 10 heteroatoms. The number of benzene rings is 2. The Kier molecular flexibility index (Phi) is 5.32. The van der Waals surface area contributed by atoms with Gasteiger partial charge in [0.2, 0.25) is 0 Å². The second-order valence-corrected chi connectivity index (χ2v) is 7.88. The Bertz CT molecular complexity index is 1210. The van der Waals surface area contributed by atoms with E-state index in [0.717, 1.165) is 12.1 Å². The van der Waals surface area contributed by atoms with Crippen LogP contribution in [0, 0.1) is 6.92 Å². The van der Waals surface area contributed by atoms with Gasteiger partial charge in [-0.2, -0.15) is 0 Å². The van der Waals surface area contributed by atoms with E-state index in [1.54, 1.807) is 30.5 Å². The minimum Gasteiger partial charge on any atom is -0.478 e. The van der Waals surface area contributed by atoms with Crippen LogP contribution in [0.2, 0.25) is 5.02 Å². The predicted octanol–water partition coefficient (Wildman–Crippen LogP) is 2.52. The molecule has 0 bridgehead atoms. The number of carbonyl (C=O) groups excluding carboxylic acids is 1. The molecule has 28 heavy (non-hydrogen) atoms. The van der Waals surface area contributed by atoms with Gasteiger partial charge in [-0.25, -0.2) is 13.2 Å². The molecule has 1 aromatic heterocycles. The smallest absolute Gasteiger partial charge is 0.335 e. The van der Waals surface area contributed by atoms with Crippen LogP contribution in [0.5, 0.6) is 0 Å². The van der Waals surface area contributed by atoms with Crippen molar-refractivity contribution < 1.29 is 23.1 Å². The van der Waals surface area contributed by atoms with Crippen LogP contribution in [0.15, 0.2) is 53.6 Å². The van der Waals surface area contributed by atoms with E-state index in [-0.39, 0.29) is 26.6 Å². The Morgan fingerprint density at radius 3 is 2.61 bits per heavy atom. The van der Waals surface area contributed by atoms with Crippen LogP contribution in [0.4, 0.5) is 0 Å². The number of hydrazine groups is 1. The molecule has 0 aliphatic carbocycles. The molecule has 3 N–H and O–H groups in total. The number of nitrogens with zero attached hydrogens (tertiary/aromatic N) is 1. The first kappa shape index (κ1) is 19.7. The van der Waals surface area contributed by atoms with Crippen LogP contribution in [0.3, 0.4) is 0 Å². The number of rotatable bonds is 5. The largest absolute Gasteiger partial charge is 0.478 e. The Labute approximate surface area is 165 Å². The summed E-state index contributed by atoms with van der Waals surface area (Å²) in [5, 5.41) is 9.64. The van der Waals surface area contributed by atoms with Gasteiger partial charge in [-0.1, -0.05) is 23.7 Å². The van der Waals surface area contributed by atoms with Crippen LogP contribution >= 0.6 is 11.6 Å². The van der Waals surface area contributed by atoms with Crippen molar-refractivity contribution in [2.45, 2.75) is 11.8 Å². The molecule has 0 radical (unpaired) electrons. The molecule has 8 nitrogen and oxygen atoms in total. The summed E-state index contributed by atoms with van der Waals surface area (Å²) in [6.07, 6.45) is 1.58. The lowest BCUT2D eigenvalue weighted by atomic mass is 10.1. The van der Waals surface area contributed by atoms with Crippen molar-refractivity contribution in [2.75, 3.05) is 0 Å². The lowest BCUT2D eigenvalue weighted by Gasteiger charge is -2.13. The van der Waals surface area contributed by atoms with Crippen molar-refractivity contribution >= 4 is 44.4 Å². The second-order valence-electron chi connectivity index (χ2n) is 5.82. The quantitative estimate of drug-likeness (QED) is 0.545. The fourth-order valence-corrected chi connectivity index (χ4v) is 4.00. The lowest BCUT2D eigenvalue weighted by molar-refractivity contribution is 0.0696. The molecule has 0 saturated heterocycles. The van der Waals surface area contributed by atoms with E-state index in [2.05, 4.69) is 10.4 Å². The highest BCUT2D eigenvalue weighted by molar-refractivity contribution is 7.89. The highest BCUT2D eigenvalue weighted by Crippen LogP contribution is 2.25. The molecule has 0 aliphatic rings. The van der Waals surface area contributed by atoms with Crippen molar-refractivity contribution in [3.05, 3.63) is 70.4 Å². The first-order valence-electron chi connectivity index (χ1n) is 7.90. The van der Waals surface area contributed by atoms with E-state index in [0.29, 0.717) is 10.9 Å². The summed E-state index contributed by atoms with van der Waals surface area (Å²) in [5.41, 5.74) is 2.80. The van der Waals surface area contributed by atoms with Crippen LogP contribution in [0.1, 0.15) is 26.3 Å². The number of nitrogens with one attached hydrogen (secondary N) is 2. The van der Waals surface area contributed by atoms with Gasteiger partial charge in [-0.3, -0.25) is 15.2 Å². The molecule has 3 rings (SSSR count). The summed E-state index contributed by atoms with van der Waals surface area (Å²) in [6.45, 7) is 1.43. The van der Waals surface area contributed by atoms with Gasteiger partial charge in [-0.05, 0) is 42.8 Å². The summed E-state index contributed by atoms with van der Waals surface area (Å²) in [6, 6.07) is 10.3. The maximum Gasteiger partial charge on any atom is 0.335 e. The standard InChI is InChI=1S/C18H14ClN3O5S/c1-10-14(19)8-11(18(24)25)9-16(10)28(26,27)22-21-17(23)13-4-2-6-15-12(13)5-3-7-20-15/h2-9,22H,1H3,(H,21,23)(H,24,25). The van der Waals surface area contributed by atoms with Gasteiger partial charge < -0.3 is 5.11 Å². The number of carbonyl (C=O) groups is 2. The molecule has 2 aromatic carbocycles. The third kappa shape index (κ3) is 3.81. The van der Waals surface area contributed by atoms with E-state index in [1.807, 2.05) is 4.83 Å². The molecule has 0 atom stereocenters. The molecule has 0 fully saturated rings.